The van der Waals surface area contributed by atoms with Crippen LogP contribution < -0.4 is 5.32 Å². The molecule has 2 aromatic rings. The molecule has 0 atom stereocenters. The molecule has 0 aliphatic rings. The number of halogens is 1. The Hall–Kier alpha value is -2.65. The first kappa shape index (κ1) is 14.8. The number of amides is 1. The maximum atomic E-state index is 13.3. The van der Waals surface area contributed by atoms with Crippen LogP contribution >= 0.6 is 0 Å². The van der Waals surface area contributed by atoms with Crippen molar-refractivity contribution < 1.29 is 14.3 Å². The van der Waals surface area contributed by atoms with Crippen LogP contribution in [0, 0.1) is 17.7 Å². The van der Waals surface area contributed by atoms with Crippen LogP contribution in [0.25, 0.3) is 0 Å². The fourth-order valence-electron chi connectivity index (χ4n) is 1.77. The van der Waals surface area contributed by atoms with Crippen LogP contribution in [0.5, 0.6) is 0 Å². The lowest BCUT2D eigenvalue weighted by molar-refractivity contribution is 0.0953. The number of hydrogen-bond acceptors (Lipinski definition) is 3. The van der Waals surface area contributed by atoms with E-state index in [2.05, 4.69) is 27.1 Å². The van der Waals surface area contributed by atoms with E-state index in [0.29, 0.717) is 18.5 Å². The van der Waals surface area contributed by atoms with E-state index in [4.69, 9.17) is 5.11 Å². The number of nitrogens with one attached hydrogen (secondary N) is 2. The molecule has 2 rings (SSSR count). The molecule has 0 fully saturated rings. The summed E-state index contributed by atoms with van der Waals surface area (Å²) in [6, 6.07) is 3.77. The number of carbonyl (C=O) groups excluding carboxylic acids is 1. The van der Waals surface area contributed by atoms with Gasteiger partial charge in [-0.15, -0.1) is 0 Å². The number of rotatable bonds is 4. The highest BCUT2D eigenvalue weighted by atomic mass is 19.1. The van der Waals surface area contributed by atoms with Gasteiger partial charge >= 0.3 is 0 Å². The summed E-state index contributed by atoms with van der Waals surface area (Å²) in [5.41, 5.74) is 0.524. The Morgan fingerprint density at radius 2 is 2.33 bits per heavy atom. The zero-order valence-corrected chi connectivity index (χ0v) is 11.2. The summed E-state index contributed by atoms with van der Waals surface area (Å²) in [6.07, 6.45) is 3.88. The molecular formula is C15H14FN3O2. The molecule has 21 heavy (non-hydrogen) atoms. The molecule has 108 valence electrons. The van der Waals surface area contributed by atoms with E-state index < -0.39 is 11.7 Å². The van der Waals surface area contributed by atoms with Gasteiger partial charge in [0.05, 0.1) is 5.56 Å². The first-order valence-corrected chi connectivity index (χ1v) is 6.36. The summed E-state index contributed by atoms with van der Waals surface area (Å²) in [5, 5.41) is 11.4. The summed E-state index contributed by atoms with van der Waals surface area (Å²) in [6.45, 7) is 0.0483. The van der Waals surface area contributed by atoms with Crippen molar-refractivity contribution in [3.8, 4) is 11.8 Å². The van der Waals surface area contributed by atoms with Crippen molar-refractivity contribution in [3.05, 3.63) is 53.4 Å². The van der Waals surface area contributed by atoms with Gasteiger partial charge in [0.15, 0.2) is 0 Å². The smallest absolute Gasteiger partial charge is 0.252 e. The van der Waals surface area contributed by atoms with Crippen molar-refractivity contribution in [2.75, 3.05) is 13.2 Å². The van der Waals surface area contributed by atoms with Gasteiger partial charge in [0, 0.05) is 30.9 Å². The molecular weight excluding hydrogens is 273 g/mol. The monoisotopic (exact) mass is 287 g/mol. The fraction of sp³-hybridized carbons (Fsp3) is 0.200. The number of carbonyl (C=O) groups is 1. The van der Waals surface area contributed by atoms with E-state index >= 15 is 0 Å². The molecule has 5 nitrogen and oxygen atoms in total. The average Bonchev–Trinajstić information content (AvgIpc) is 2.99. The normalized spacial score (nSPS) is 9.81. The number of aliphatic hydroxyl groups is 1. The highest BCUT2D eigenvalue weighted by Crippen LogP contribution is 2.10. The zero-order valence-electron chi connectivity index (χ0n) is 11.2. The lowest BCUT2D eigenvalue weighted by atomic mass is 10.1. The van der Waals surface area contributed by atoms with Crippen LogP contribution in [0.15, 0.2) is 30.6 Å². The molecule has 1 aromatic carbocycles. The minimum absolute atomic E-state index is 0.149. The maximum absolute atomic E-state index is 13.3. The Bertz CT molecular complexity index is 672. The van der Waals surface area contributed by atoms with Crippen LogP contribution in [0.4, 0.5) is 4.39 Å². The van der Waals surface area contributed by atoms with Crippen molar-refractivity contribution in [1.29, 1.82) is 0 Å². The summed E-state index contributed by atoms with van der Waals surface area (Å²) in [5.74, 6) is 4.91. The second kappa shape index (κ2) is 7.22. The second-order valence-corrected chi connectivity index (χ2v) is 4.19. The Balaban J connectivity index is 2.05. The van der Waals surface area contributed by atoms with Gasteiger partial charge in [-0.05, 0) is 18.2 Å². The molecule has 1 amide bonds. The largest absolute Gasteiger partial charge is 0.384 e. The molecule has 0 aliphatic carbocycles. The highest BCUT2D eigenvalue weighted by molar-refractivity contribution is 5.96. The molecule has 6 heteroatoms. The van der Waals surface area contributed by atoms with E-state index in [0.717, 1.165) is 11.9 Å². The van der Waals surface area contributed by atoms with Gasteiger partial charge in [0.25, 0.3) is 5.91 Å². The third-order valence-corrected chi connectivity index (χ3v) is 2.73. The van der Waals surface area contributed by atoms with Gasteiger partial charge in [-0.1, -0.05) is 11.8 Å². The number of aliphatic hydroxyl groups excluding tert-OH is 1. The molecule has 1 heterocycles. The Kier molecular flexibility index (Phi) is 5.07. The summed E-state index contributed by atoms with van der Waals surface area (Å²) in [4.78, 5) is 19.0. The van der Waals surface area contributed by atoms with Crippen LogP contribution in [0.2, 0.25) is 0 Å². The molecule has 0 saturated heterocycles. The lowest BCUT2D eigenvalue weighted by Crippen LogP contribution is -2.26. The molecule has 0 radical (unpaired) electrons. The molecule has 0 spiro atoms. The topological polar surface area (TPSA) is 78.0 Å². The zero-order chi connectivity index (χ0) is 15.1. The molecule has 1 aromatic heterocycles. The van der Waals surface area contributed by atoms with E-state index in [9.17, 15) is 9.18 Å². The predicted octanol–water partition coefficient (Wildman–Crippen LogP) is 0.865. The number of aromatic nitrogens is 2. The minimum atomic E-state index is -0.513. The number of aromatic amines is 1. The molecule has 0 saturated carbocycles. The number of hydrogen-bond donors (Lipinski definition) is 3. The molecule has 0 aliphatic heterocycles. The quantitative estimate of drug-likeness (QED) is 0.730. The average molecular weight is 287 g/mol. The van der Waals surface area contributed by atoms with E-state index in [-0.39, 0.29) is 12.2 Å². The Labute approximate surface area is 121 Å². The third kappa shape index (κ3) is 4.16. The standard InChI is InChI=1S/C15H14FN3O2/c16-12-4-3-11(2-1-9-20)13(10-12)15(21)19-6-5-14-17-7-8-18-14/h3-4,7-8,10,20H,5-6,9H2,(H,17,18)(H,19,21). The van der Waals surface area contributed by atoms with Crippen molar-refractivity contribution in [2.24, 2.45) is 0 Å². The summed E-state index contributed by atoms with van der Waals surface area (Å²) < 4.78 is 13.3. The van der Waals surface area contributed by atoms with Gasteiger partial charge in [-0.3, -0.25) is 4.79 Å². The van der Waals surface area contributed by atoms with Gasteiger partial charge in [-0.25, -0.2) is 9.37 Å². The first-order chi connectivity index (χ1) is 10.2. The molecule has 0 bridgehead atoms. The van der Waals surface area contributed by atoms with Crippen molar-refractivity contribution in [3.63, 3.8) is 0 Å². The van der Waals surface area contributed by atoms with E-state index in [1.807, 2.05) is 0 Å². The summed E-state index contributed by atoms with van der Waals surface area (Å²) >= 11 is 0. The first-order valence-electron chi connectivity index (χ1n) is 6.36. The van der Waals surface area contributed by atoms with Crippen molar-refractivity contribution in [1.82, 2.24) is 15.3 Å². The van der Waals surface area contributed by atoms with Gasteiger partial charge in [0.2, 0.25) is 0 Å². The molecule has 0 unspecified atom stereocenters. The predicted molar refractivity (Wildman–Crippen MR) is 75.0 cm³/mol. The van der Waals surface area contributed by atoms with E-state index in [1.54, 1.807) is 12.4 Å². The van der Waals surface area contributed by atoms with Crippen LogP contribution in [-0.2, 0) is 6.42 Å². The Morgan fingerprint density at radius 3 is 3.05 bits per heavy atom. The fourth-order valence-corrected chi connectivity index (χ4v) is 1.77. The molecule has 3 N–H and O–H groups in total. The number of nitrogens with zero attached hydrogens (tertiary/aromatic N) is 1. The van der Waals surface area contributed by atoms with Gasteiger partial charge in [0.1, 0.15) is 18.2 Å². The van der Waals surface area contributed by atoms with Crippen LogP contribution in [0.3, 0.4) is 0 Å². The summed E-state index contributed by atoms with van der Waals surface area (Å²) in [7, 11) is 0. The van der Waals surface area contributed by atoms with Gasteiger partial charge < -0.3 is 15.4 Å². The third-order valence-electron chi connectivity index (χ3n) is 2.73. The second-order valence-electron chi connectivity index (χ2n) is 4.19. The van der Waals surface area contributed by atoms with Crippen molar-refractivity contribution >= 4 is 5.91 Å². The minimum Gasteiger partial charge on any atom is -0.384 e. The number of H-pyrrole nitrogens is 1. The maximum Gasteiger partial charge on any atom is 0.252 e. The van der Waals surface area contributed by atoms with E-state index in [1.165, 1.54) is 12.1 Å². The SMILES string of the molecule is O=C(NCCc1ncc[nH]1)c1cc(F)ccc1C#CCO. The van der Waals surface area contributed by atoms with Crippen LogP contribution in [-0.4, -0.2) is 34.1 Å². The van der Waals surface area contributed by atoms with Crippen molar-refractivity contribution in [2.45, 2.75) is 6.42 Å². The highest BCUT2D eigenvalue weighted by Gasteiger charge is 2.11. The Morgan fingerprint density at radius 1 is 1.48 bits per heavy atom. The lowest BCUT2D eigenvalue weighted by Gasteiger charge is -2.06. The number of imidazole rings is 1. The van der Waals surface area contributed by atoms with Gasteiger partial charge in [-0.2, -0.15) is 0 Å². The van der Waals surface area contributed by atoms with Crippen LogP contribution in [0.1, 0.15) is 21.7 Å². The number of benzene rings is 1.